The molecule has 3 aliphatic heterocycles. The number of amides is 4. The van der Waals surface area contributed by atoms with Crippen molar-refractivity contribution < 1.29 is 40.6 Å². The Kier molecular flexibility index (Phi) is 20.3. The number of halogens is 1. The highest BCUT2D eigenvalue weighted by molar-refractivity contribution is 7.89. The van der Waals surface area contributed by atoms with Crippen LogP contribution in [0.2, 0.25) is 5.02 Å². The van der Waals surface area contributed by atoms with Crippen molar-refractivity contribution in [3.63, 3.8) is 0 Å². The number of benzene rings is 3. The van der Waals surface area contributed by atoms with Gasteiger partial charge in [-0.2, -0.15) is 5.26 Å². The van der Waals surface area contributed by atoms with Crippen LogP contribution < -0.4 is 41.2 Å². The van der Waals surface area contributed by atoms with E-state index in [1.807, 2.05) is 18.2 Å². The molecule has 0 saturated carbocycles. The Morgan fingerprint density at radius 2 is 1.44 bits per heavy atom. The fraction of sp³-hybridized carbons (Fsp3) is 0.571. The predicted octanol–water partition coefficient (Wildman–Crippen LogP) is 2.45. The number of sulfonamides is 2. The molecule has 72 heavy (non-hydrogen) atoms. The number of piperazine rings is 1. The van der Waals surface area contributed by atoms with Gasteiger partial charge in [-0.25, -0.2) is 36.3 Å². The quantitative estimate of drug-likeness (QED) is 0.0602. The summed E-state index contributed by atoms with van der Waals surface area (Å²) in [5.74, 6) is 0.623. The Morgan fingerprint density at radius 3 is 2.10 bits per heavy atom. The summed E-state index contributed by atoms with van der Waals surface area (Å²) in [6.45, 7) is 12.1. The second-order valence-electron chi connectivity index (χ2n) is 18.8. The number of carbonyl (C=O) groups excluding carboxylic acids is 2. The molecule has 3 aromatic rings. The zero-order valence-corrected chi connectivity index (χ0v) is 43.3. The van der Waals surface area contributed by atoms with Crippen LogP contribution in [0.4, 0.5) is 9.59 Å². The molecule has 4 aliphatic rings. The zero-order valence-electron chi connectivity index (χ0n) is 41.0. The van der Waals surface area contributed by atoms with E-state index in [1.165, 1.54) is 0 Å². The van der Waals surface area contributed by atoms with Gasteiger partial charge in [-0.15, -0.1) is 0 Å². The first-order chi connectivity index (χ1) is 34.7. The smallest absolute Gasteiger partial charge is 0.314 e. The van der Waals surface area contributed by atoms with Crippen molar-refractivity contribution in [1.29, 1.82) is 5.26 Å². The number of hydrogen-bond donors (Lipinski definition) is 7. The molecule has 23 heteroatoms. The Labute approximate surface area is 429 Å². The largest absolute Gasteiger partial charge is 0.484 e. The monoisotopic (exact) mass is 1060 g/mol. The number of hydrogen-bond acceptors (Lipinski definition) is 14. The van der Waals surface area contributed by atoms with Crippen LogP contribution in [0.3, 0.4) is 0 Å². The van der Waals surface area contributed by atoms with E-state index >= 15 is 0 Å². The van der Waals surface area contributed by atoms with Crippen LogP contribution >= 0.6 is 11.6 Å². The topological polar surface area (TPSA) is 262 Å². The highest BCUT2D eigenvalue weighted by Gasteiger charge is 2.41. The molecule has 8 N–H and O–H groups in total. The van der Waals surface area contributed by atoms with Gasteiger partial charge < -0.3 is 45.7 Å². The van der Waals surface area contributed by atoms with Gasteiger partial charge >= 0.3 is 12.1 Å². The molecule has 0 bridgehead atoms. The molecule has 0 unspecified atom stereocenters. The van der Waals surface area contributed by atoms with Gasteiger partial charge in [0.2, 0.25) is 20.0 Å². The summed E-state index contributed by atoms with van der Waals surface area (Å²) < 4.78 is 71.8. The van der Waals surface area contributed by atoms with Crippen molar-refractivity contribution in [2.45, 2.75) is 79.0 Å². The average Bonchev–Trinajstić information content (AvgIpc) is 4.11. The summed E-state index contributed by atoms with van der Waals surface area (Å²) >= 11 is 6.45. The van der Waals surface area contributed by atoms with Crippen LogP contribution in [0.25, 0.3) is 0 Å². The van der Waals surface area contributed by atoms with Crippen LogP contribution in [-0.2, 0) is 35.9 Å². The van der Waals surface area contributed by atoms with Gasteiger partial charge in [-0.05, 0) is 117 Å². The Bertz CT molecular complexity index is 2560. The number of nitrogens with zero attached hydrogens (tertiary/aromatic N) is 4. The van der Waals surface area contributed by atoms with Gasteiger partial charge in [0.25, 0.3) is 0 Å². The van der Waals surface area contributed by atoms with Crippen molar-refractivity contribution in [2.75, 3.05) is 112 Å². The standard InChI is InChI=1S/C49H70ClN11O9S2/c1-35-32-61(21-16-53-35)45-30-43-37(31-51)28-38(50)29-44(43)47(45)70-40-8-10-41(11-9-40)72(66,67)58-39-13-20-60(34-39)23-27-69-25-18-57-49(63)55-15-5-4-14-54-48(62)56-17-24-68-26-22-59-19-12-36(33-59)42-6-2-3-7-46(42)71(52,64)65/h2-3,6-11,28-29,35-36,39,45,47,53,58H,4-5,12-27,30,32-34H2,1H3,(H2,52,64,65)(H2,54,56,62)(H2,55,57,63)/t35-,36+,39-,45-,47-/m0/s1. The van der Waals surface area contributed by atoms with E-state index in [9.17, 15) is 31.7 Å². The molecule has 1 aliphatic carbocycles. The number of urea groups is 2. The minimum atomic E-state index is -3.80. The number of ether oxygens (including phenoxy) is 3. The van der Waals surface area contributed by atoms with E-state index in [-0.39, 0.29) is 46.0 Å². The van der Waals surface area contributed by atoms with E-state index in [2.05, 4.69) is 59.0 Å². The van der Waals surface area contributed by atoms with E-state index in [1.54, 1.807) is 42.5 Å². The first kappa shape index (κ1) is 55.1. The maximum absolute atomic E-state index is 13.4. The number of likely N-dealkylation sites (tertiary alicyclic amines) is 2. The maximum Gasteiger partial charge on any atom is 0.314 e. The van der Waals surface area contributed by atoms with E-state index < -0.39 is 20.0 Å². The molecule has 7 rings (SSSR count). The van der Waals surface area contributed by atoms with Crippen LogP contribution in [0, 0.1) is 11.3 Å². The first-order valence-electron chi connectivity index (χ1n) is 24.9. The van der Waals surface area contributed by atoms with Gasteiger partial charge in [0, 0.05) is 89.1 Å². The molecule has 20 nitrogen and oxygen atoms in total. The zero-order chi connectivity index (χ0) is 51.1. The van der Waals surface area contributed by atoms with E-state index in [4.69, 9.17) is 31.0 Å². The lowest BCUT2D eigenvalue weighted by Gasteiger charge is -2.38. The number of unbranched alkanes of at least 4 members (excludes halogenated alkanes) is 1. The Balaban J connectivity index is 0.686. The summed E-state index contributed by atoms with van der Waals surface area (Å²) in [6, 6.07) is 18.7. The summed E-state index contributed by atoms with van der Waals surface area (Å²) in [6.07, 6.45) is 3.16. The number of nitriles is 1. The second kappa shape index (κ2) is 26.5. The third-order valence-corrected chi connectivity index (χ3v) is 16.3. The molecule has 0 aromatic heterocycles. The van der Waals surface area contributed by atoms with Gasteiger partial charge in [0.05, 0.1) is 53.9 Å². The molecule has 3 aromatic carbocycles. The molecule has 4 amide bonds. The molecule has 0 radical (unpaired) electrons. The maximum atomic E-state index is 13.4. The van der Waals surface area contributed by atoms with Crippen LogP contribution in [0.1, 0.15) is 66.9 Å². The van der Waals surface area contributed by atoms with E-state index in [0.717, 1.165) is 62.4 Å². The normalized spacial score (nSPS) is 21.8. The first-order valence-corrected chi connectivity index (χ1v) is 28.3. The molecular formula is C49H70ClN11O9S2. The Hall–Kier alpha value is -4.64. The van der Waals surface area contributed by atoms with Crippen molar-refractivity contribution in [3.8, 4) is 11.8 Å². The molecule has 0 spiro atoms. The van der Waals surface area contributed by atoms with Crippen molar-refractivity contribution in [1.82, 2.24) is 46.0 Å². The highest BCUT2D eigenvalue weighted by atomic mass is 35.5. The predicted molar refractivity (Wildman–Crippen MR) is 273 cm³/mol. The average molecular weight is 1060 g/mol. The Morgan fingerprint density at radius 1 is 0.806 bits per heavy atom. The van der Waals surface area contributed by atoms with Crippen LogP contribution in [0.5, 0.6) is 5.75 Å². The van der Waals surface area contributed by atoms with Gasteiger partial charge in [0.15, 0.2) is 0 Å². The molecule has 3 saturated heterocycles. The van der Waals surface area contributed by atoms with Gasteiger partial charge in [-0.3, -0.25) is 9.80 Å². The lowest BCUT2D eigenvalue weighted by atomic mass is 9.98. The van der Waals surface area contributed by atoms with Crippen molar-refractivity contribution >= 4 is 43.7 Å². The summed E-state index contributed by atoms with van der Waals surface area (Å²) in [4.78, 5) is 31.5. The number of fused-ring (bicyclic) bond motifs is 1. The lowest BCUT2D eigenvalue weighted by molar-refractivity contribution is 0.0595. The lowest BCUT2D eigenvalue weighted by Crippen LogP contribution is -2.54. The molecule has 394 valence electrons. The minimum absolute atomic E-state index is 0.00374. The van der Waals surface area contributed by atoms with Gasteiger partial charge in [0.1, 0.15) is 11.9 Å². The minimum Gasteiger partial charge on any atom is -0.484 e. The summed E-state index contributed by atoms with van der Waals surface area (Å²) in [5, 5.41) is 30.4. The molecule has 5 atom stereocenters. The van der Waals surface area contributed by atoms with Gasteiger partial charge in [-0.1, -0.05) is 29.8 Å². The van der Waals surface area contributed by atoms with Crippen LogP contribution in [0.15, 0.2) is 70.5 Å². The highest BCUT2D eigenvalue weighted by Crippen LogP contribution is 2.41. The van der Waals surface area contributed by atoms with Crippen LogP contribution in [-0.4, -0.2) is 173 Å². The van der Waals surface area contributed by atoms with E-state index in [0.29, 0.717) is 120 Å². The SMILES string of the molecule is C[C@H]1CN([C@H]2Cc3c(C#N)cc(Cl)cc3[C@@H]2Oc2ccc(S(=O)(=O)N[C@H]3CCN(CCOCCNC(=O)NCCCCNC(=O)NCCOCCN4CC[C@@H](c5ccccc5S(N)(=O)=O)C4)C3)cc2)CCN1. The third-order valence-electron chi connectivity index (χ3n) is 13.6. The fourth-order valence-corrected chi connectivity index (χ4v) is 12.3. The number of nitrogens with one attached hydrogen (secondary N) is 6. The fourth-order valence-electron chi connectivity index (χ4n) is 9.96. The summed E-state index contributed by atoms with van der Waals surface area (Å²) in [5.41, 5.74) is 3.14. The number of nitrogens with two attached hydrogens (primary N) is 1. The number of rotatable bonds is 25. The van der Waals surface area contributed by atoms with Crippen molar-refractivity contribution in [2.24, 2.45) is 5.14 Å². The second-order valence-corrected chi connectivity index (χ2v) is 22.5. The van der Waals surface area contributed by atoms with Crippen molar-refractivity contribution in [3.05, 3.63) is 87.9 Å². The number of carbonyl (C=O) groups is 2. The number of primary sulfonamides is 1. The molecular weight excluding hydrogens is 986 g/mol. The third kappa shape index (κ3) is 15.9. The summed E-state index contributed by atoms with van der Waals surface area (Å²) in [7, 11) is -7.58. The molecule has 3 fully saturated rings. The molecule has 3 heterocycles.